The number of anilines is 2. The zero-order valence-corrected chi connectivity index (χ0v) is 14.4. The molecule has 1 aliphatic rings. The fourth-order valence-electron chi connectivity index (χ4n) is 3.07. The van der Waals surface area contributed by atoms with Gasteiger partial charge >= 0.3 is 6.03 Å². The van der Waals surface area contributed by atoms with E-state index in [1.807, 2.05) is 36.4 Å². The third-order valence-corrected chi connectivity index (χ3v) is 4.53. The Morgan fingerprint density at radius 3 is 2.28 bits per heavy atom. The standard InChI is InChI=1S/C20H23N3O2/c1-23-12-10-15(11-13-23)19(24)16-6-5-9-18(14-16)22-20(25)21-17-7-3-2-4-8-17/h2-9,14-15H,10-13H2,1H3,(H2,21,22,25). The summed E-state index contributed by atoms with van der Waals surface area (Å²) in [4.78, 5) is 27.0. The van der Waals surface area contributed by atoms with Crippen molar-refractivity contribution in [3.8, 4) is 0 Å². The predicted molar refractivity (Wildman–Crippen MR) is 100 cm³/mol. The number of nitrogens with zero attached hydrogens (tertiary/aromatic N) is 1. The molecule has 1 aliphatic heterocycles. The Morgan fingerprint density at radius 2 is 1.56 bits per heavy atom. The number of piperidine rings is 1. The maximum atomic E-state index is 12.7. The number of carbonyl (C=O) groups excluding carboxylic acids is 2. The van der Waals surface area contributed by atoms with E-state index in [9.17, 15) is 9.59 Å². The molecule has 2 aromatic rings. The lowest BCUT2D eigenvalue weighted by Crippen LogP contribution is -2.33. The number of hydrogen-bond donors (Lipinski definition) is 2. The maximum absolute atomic E-state index is 12.7. The van der Waals surface area contributed by atoms with E-state index >= 15 is 0 Å². The summed E-state index contributed by atoms with van der Waals surface area (Å²) in [6, 6.07) is 16.1. The van der Waals surface area contributed by atoms with E-state index in [1.165, 1.54) is 0 Å². The van der Waals surface area contributed by atoms with Crippen molar-refractivity contribution in [1.29, 1.82) is 0 Å². The lowest BCUT2D eigenvalue weighted by Gasteiger charge is -2.28. The first-order valence-electron chi connectivity index (χ1n) is 8.58. The molecule has 5 heteroatoms. The van der Waals surface area contributed by atoms with Gasteiger partial charge in [-0.25, -0.2) is 4.79 Å². The minimum Gasteiger partial charge on any atom is -0.308 e. The number of urea groups is 1. The highest BCUT2D eigenvalue weighted by Crippen LogP contribution is 2.22. The molecule has 2 N–H and O–H groups in total. The Hall–Kier alpha value is -2.66. The van der Waals surface area contributed by atoms with Crippen LogP contribution in [0.25, 0.3) is 0 Å². The van der Waals surface area contributed by atoms with E-state index in [-0.39, 0.29) is 17.7 Å². The number of ketones is 1. The number of Topliss-reactive ketones (excluding diaryl/α,β-unsaturated/α-hetero) is 1. The van der Waals surface area contributed by atoms with Gasteiger partial charge in [0.2, 0.25) is 0 Å². The fourth-order valence-corrected chi connectivity index (χ4v) is 3.07. The molecule has 0 aromatic heterocycles. The molecule has 130 valence electrons. The summed E-state index contributed by atoms with van der Waals surface area (Å²) in [5.41, 5.74) is 2.00. The number of carbonyl (C=O) groups is 2. The van der Waals surface area contributed by atoms with Crippen molar-refractivity contribution in [2.75, 3.05) is 30.8 Å². The van der Waals surface area contributed by atoms with Gasteiger partial charge in [0.25, 0.3) is 0 Å². The smallest absolute Gasteiger partial charge is 0.308 e. The summed E-state index contributed by atoms with van der Waals surface area (Å²) < 4.78 is 0. The summed E-state index contributed by atoms with van der Waals surface area (Å²) in [6.45, 7) is 1.90. The number of nitrogens with one attached hydrogen (secondary N) is 2. The molecule has 3 rings (SSSR count). The first-order chi connectivity index (χ1) is 12.1. The number of amides is 2. The number of para-hydroxylation sites is 1. The van der Waals surface area contributed by atoms with E-state index in [0.717, 1.165) is 31.6 Å². The Kier molecular flexibility index (Phi) is 5.46. The third-order valence-electron chi connectivity index (χ3n) is 4.53. The Bertz CT molecular complexity index is 738. The molecule has 0 bridgehead atoms. The molecule has 25 heavy (non-hydrogen) atoms. The van der Waals surface area contributed by atoms with Gasteiger partial charge in [0.15, 0.2) is 5.78 Å². The van der Waals surface area contributed by atoms with Crippen molar-refractivity contribution in [2.45, 2.75) is 12.8 Å². The molecule has 1 heterocycles. The van der Waals surface area contributed by atoms with Gasteiger partial charge in [-0.1, -0.05) is 30.3 Å². The van der Waals surface area contributed by atoms with Gasteiger partial charge in [0, 0.05) is 22.9 Å². The largest absolute Gasteiger partial charge is 0.323 e. The van der Waals surface area contributed by atoms with E-state index in [1.54, 1.807) is 18.2 Å². The quantitative estimate of drug-likeness (QED) is 0.833. The number of likely N-dealkylation sites (tertiary alicyclic amines) is 1. The van der Waals surface area contributed by atoms with Crippen molar-refractivity contribution in [2.24, 2.45) is 5.92 Å². The van der Waals surface area contributed by atoms with Crippen molar-refractivity contribution >= 4 is 23.2 Å². The topological polar surface area (TPSA) is 61.4 Å². The summed E-state index contributed by atoms with van der Waals surface area (Å²) in [6.07, 6.45) is 1.78. The second kappa shape index (κ2) is 7.94. The SMILES string of the molecule is CN1CCC(C(=O)c2cccc(NC(=O)Nc3ccccc3)c2)CC1. The van der Waals surface area contributed by atoms with Crippen LogP contribution in [0, 0.1) is 5.92 Å². The van der Waals surface area contributed by atoms with Crippen LogP contribution in [-0.4, -0.2) is 36.9 Å². The minimum atomic E-state index is -0.324. The number of rotatable bonds is 4. The van der Waals surface area contributed by atoms with Crippen LogP contribution in [0.1, 0.15) is 23.2 Å². The van der Waals surface area contributed by atoms with Gasteiger partial charge in [-0.2, -0.15) is 0 Å². The molecule has 2 aromatic carbocycles. The molecule has 0 spiro atoms. The lowest BCUT2D eigenvalue weighted by atomic mass is 9.89. The molecule has 1 saturated heterocycles. The second-order valence-electron chi connectivity index (χ2n) is 6.47. The monoisotopic (exact) mass is 337 g/mol. The van der Waals surface area contributed by atoms with Crippen molar-refractivity contribution in [3.05, 3.63) is 60.2 Å². The number of benzene rings is 2. The van der Waals surface area contributed by atoms with Crippen LogP contribution in [0.15, 0.2) is 54.6 Å². The molecule has 0 saturated carbocycles. The van der Waals surface area contributed by atoms with E-state index < -0.39 is 0 Å². The van der Waals surface area contributed by atoms with Crippen molar-refractivity contribution in [3.63, 3.8) is 0 Å². The highest BCUT2D eigenvalue weighted by molar-refractivity contribution is 6.02. The van der Waals surface area contributed by atoms with Gasteiger partial charge in [-0.05, 0) is 57.2 Å². The normalized spacial score (nSPS) is 15.6. The zero-order valence-electron chi connectivity index (χ0n) is 14.4. The van der Waals surface area contributed by atoms with Gasteiger partial charge in [-0.15, -0.1) is 0 Å². The zero-order chi connectivity index (χ0) is 17.6. The molecule has 0 atom stereocenters. The van der Waals surface area contributed by atoms with Gasteiger partial charge in [-0.3, -0.25) is 4.79 Å². The minimum absolute atomic E-state index is 0.0737. The Morgan fingerprint density at radius 1 is 0.920 bits per heavy atom. The van der Waals surface area contributed by atoms with Crippen LogP contribution in [0.2, 0.25) is 0 Å². The summed E-state index contributed by atoms with van der Waals surface area (Å²) in [5, 5.41) is 5.55. The molecule has 1 fully saturated rings. The van der Waals surface area contributed by atoms with E-state index in [4.69, 9.17) is 0 Å². The fraction of sp³-hybridized carbons (Fsp3) is 0.300. The second-order valence-corrected chi connectivity index (χ2v) is 6.47. The lowest BCUT2D eigenvalue weighted by molar-refractivity contribution is 0.0857. The first-order valence-corrected chi connectivity index (χ1v) is 8.58. The van der Waals surface area contributed by atoms with E-state index in [2.05, 4.69) is 22.6 Å². The van der Waals surface area contributed by atoms with Gasteiger partial charge < -0.3 is 15.5 Å². The highest BCUT2D eigenvalue weighted by Gasteiger charge is 2.24. The summed E-state index contributed by atoms with van der Waals surface area (Å²) in [5.74, 6) is 0.241. The van der Waals surface area contributed by atoms with E-state index in [0.29, 0.717) is 11.3 Å². The van der Waals surface area contributed by atoms with Crippen molar-refractivity contribution in [1.82, 2.24) is 4.90 Å². The summed E-state index contributed by atoms with van der Waals surface area (Å²) in [7, 11) is 2.08. The highest BCUT2D eigenvalue weighted by atomic mass is 16.2. The van der Waals surface area contributed by atoms with Gasteiger partial charge in [0.1, 0.15) is 0 Å². The molecular formula is C20H23N3O2. The Labute approximate surface area is 148 Å². The Balaban J connectivity index is 1.63. The van der Waals surface area contributed by atoms with Crippen molar-refractivity contribution < 1.29 is 9.59 Å². The average molecular weight is 337 g/mol. The first kappa shape index (κ1) is 17.2. The molecule has 2 amide bonds. The summed E-state index contributed by atoms with van der Waals surface area (Å²) >= 11 is 0. The van der Waals surface area contributed by atoms with Crippen LogP contribution < -0.4 is 10.6 Å². The average Bonchev–Trinajstić information content (AvgIpc) is 2.63. The van der Waals surface area contributed by atoms with Crippen LogP contribution in [0.5, 0.6) is 0 Å². The molecule has 0 unspecified atom stereocenters. The molecule has 0 aliphatic carbocycles. The predicted octanol–water partition coefficient (Wildman–Crippen LogP) is 3.86. The van der Waals surface area contributed by atoms with Crippen LogP contribution >= 0.6 is 0 Å². The maximum Gasteiger partial charge on any atom is 0.323 e. The van der Waals surface area contributed by atoms with Crippen LogP contribution in [-0.2, 0) is 0 Å². The molecular weight excluding hydrogens is 314 g/mol. The third kappa shape index (κ3) is 4.67. The molecule has 5 nitrogen and oxygen atoms in total. The molecule has 0 radical (unpaired) electrons. The number of hydrogen-bond acceptors (Lipinski definition) is 3. The van der Waals surface area contributed by atoms with Gasteiger partial charge in [0.05, 0.1) is 0 Å². The van der Waals surface area contributed by atoms with Crippen LogP contribution in [0.4, 0.5) is 16.2 Å². The van der Waals surface area contributed by atoms with Crippen LogP contribution in [0.3, 0.4) is 0 Å².